The number of amides is 1. The highest BCUT2D eigenvalue weighted by molar-refractivity contribution is 5.97. The lowest BCUT2D eigenvalue weighted by Crippen LogP contribution is -2.48. The third-order valence-corrected chi connectivity index (χ3v) is 6.10. The third kappa shape index (κ3) is 4.30. The lowest BCUT2D eigenvalue weighted by atomic mass is 9.97. The summed E-state index contributed by atoms with van der Waals surface area (Å²) in [5, 5.41) is 1.04. The van der Waals surface area contributed by atoms with Gasteiger partial charge in [0.25, 0.3) is 5.91 Å². The van der Waals surface area contributed by atoms with Crippen molar-refractivity contribution >= 4 is 16.8 Å². The Morgan fingerprint density at radius 3 is 2.78 bits per heavy atom. The predicted octanol–water partition coefficient (Wildman–Crippen LogP) is 2.87. The number of para-hydroxylation sites is 1. The molecule has 0 radical (unpaired) electrons. The first-order valence-corrected chi connectivity index (χ1v) is 10.3. The van der Waals surface area contributed by atoms with Crippen molar-refractivity contribution in [3.8, 4) is 0 Å². The molecule has 144 valence electrons. The van der Waals surface area contributed by atoms with Gasteiger partial charge in [0.15, 0.2) is 0 Å². The molecule has 4 rings (SSSR count). The molecule has 3 heterocycles. The Hall–Kier alpha value is -1.98. The maximum Gasteiger partial charge on any atom is 0.255 e. The summed E-state index contributed by atoms with van der Waals surface area (Å²) in [6.45, 7) is 6.56. The fraction of sp³-hybridized carbons (Fsp3) is 0.545. The number of aromatic nitrogens is 1. The molecule has 2 saturated heterocycles. The molecule has 2 aliphatic rings. The summed E-state index contributed by atoms with van der Waals surface area (Å²) < 4.78 is 0. The van der Waals surface area contributed by atoms with Crippen LogP contribution in [0.25, 0.3) is 10.9 Å². The van der Waals surface area contributed by atoms with E-state index in [0.717, 1.165) is 75.0 Å². The van der Waals surface area contributed by atoms with E-state index >= 15 is 0 Å². The average Bonchev–Trinajstić information content (AvgIpc) is 2.73. The van der Waals surface area contributed by atoms with E-state index in [2.05, 4.69) is 26.7 Å². The van der Waals surface area contributed by atoms with E-state index in [9.17, 15) is 4.79 Å². The smallest absolute Gasteiger partial charge is 0.255 e. The molecule has 27 heavy (non-hydrogen) atoms. The van der Waals surface area contributed by atoms with Crippen LogP contribution in [0, 0.1) is 0 Å². The average molecular weight is 367 g/mol. The van der Waals surface area contributed by atoms with Gasteiger partial charge in [-0.25, -0.2) is 0 Å². The predicted molar refractivity (Wildman–Crippen MR) is 109 cm³/mol. The van der Waals surface area contributed by atoms with Gasteiger partial charge in [0, 0.05) is 56.9 Å². The summed E-state index contributed by atoms with van der Waals surface area (Å²) in [5.41, 5.74) is 1.67. The summed E-state index contributed by atoms with van der Waals surface area (Å²) in [6, 6.07) is 10.4. The van der Waals surface area contributed by atoms with E-state index in [-0.39, 0.29) is 5.91 Å². The SMILES string of the molecule is CN1CCN(CC[C@H]2CCCCN2C(=O)c2cnc3ccccc3c2)CC1. The lowest BCUT2D eigenvalue weighted by Gasteiger charge is -2.38. The molecule has 5 nitrogen and oxygen atoms in total. The van der Waals surface area contributed by atoms with Crippen LogP contribution in [0.3, 0.4) is 0 Å². The molecule has 0 saturated carbocycles. The van der Waals surface area contributed by atoms with Crippen molar-refractivity contribution in [1.29, 1.82) is 0 Å². The summed E-state index contributed by atoms with van der Waals surface area (Å²) in [7, 11) is 2.19. The molecular weight excluding hydrogens is 336 g/mol. The van der Waals surface area contributed by atoms with Gasteiger partial charge in [0.05, 0.1) is 11.1 Å². The zero-order chi connectivity index (χ0) is 18.6. The highest BCUT2D eigenvalue weighted by Gasteiger charge is 2.28. The van der Waals surface area contributed by atoms with E-state index in [0.29, 0.717) is 6.04 Å². The maximum atomic E-state index is 13.2. The first kappa shape index (κ1) is 18.4. The number of likely N-dealkylation sites (N-methyl/N-ethyl adjacent to an activating group) is 1. The Kier molecular flexibility index (Phi) is 5.69. The van der Waals surface area contributed by atoms with E-state index < -0.39 is 0 Å². The van der Waals surface area contributed by atoms with Crippen LogP contribution >= 0.6 is 0 Å². The molecule has 2 fully saturated rings. The Morgan fingerprint density at radius 2 is 1.93 bits per heavy atom. The molecule has 1 aromatic heterocycles. The van der Waals surface area contributed by atoms with Gasteiger partial charge in [-0.2, -0.15) is 0 Å². The van der Waals surface area contributed by atoms with Crippen molar-refractivity contribution in [2.75, 3.05) is 46.3 Å². The van der Waals surface area contributed by atoms with Crippen LogP contribution in [-0.4, -0.2) is 77.9 Å². The molecule has 5 heteroatoms. The van der Waals surface area contributed by atoms with Crippen molar-refractivity contribution < 1.29 is 4.79 Å². The van der Waals surface area contributed by atoms with Crippen molar-refractivity contribution in [1.82, 2.24) is 19.7 Å². The summed E-state index contributed by atoms with van der Waals surface area (Å²) in [6.07, 6.45) is 6.29. The van der Waals surface area contributed by atoms with Crippen LogP contribution in [-0.2, 0) is 0 Å². The van der Waals surface area contributed by atoms with Gasteiger partial charge < -0.3 is 14.7 Å². The largest absolute Gasteiger partial charge is 0.336 e. The molecule has 1 atom stereocenters. The normalized spacial score (nSPS) is 22.3. The molecule has 2 aromatic rings. The van der Waals surface area contributed by atoms with E-state index in [1.54, 1.807) is 6.20 Å². The van der Waals surface area contributed by atoms with Gasteiger partial charge in [-0.3, -0.25) is 9.78 Å². The number of benzene rings is 1. The van der Waals surface area contributed by atoms with Crippen molar-refractivity contribution in [2.45, 2.75) is 31.7 Å². The number of pyridine rings is 1. The fourth-order valence-electron chi connectivity index (χ4n) is 4.32. The van der Waals surface area contributed by atoms with Crippen molar-refractivity contribution in [3.05, 3.63) is 42.1 Å². The minimum atomic E-state index is 0.149. The molecule has 2 aliphatic heterocycles. The fourth-order valence-corrected chi connectivity index (χ4v) is 4.32. The zero-order valence-corrected chi connectivity index (χ0v) is 16.3. The standard InChI is InChI=1S/C22H30N4O/c1-24-12-14-25(15-13-24)11-9-20-7-4-5-10-26(20)22(27)19-16-18-6-2-3-8-21(18)23-17-19/h2-3,6,8,16-17,20H,4-5,7,9-15H2,1H3/t20-/m1/s1. The highest BCUT2D eigenvalue weighted by Crippen LogP contribution is 2.23. The van der Waals surface area contributed by atoms with Gasteiger partial charge in [0.1, 0.15) is 0 Å². The quantitative estimate of drug-likeness (QED) is 0.834. The zero-order valence-electron chi connectivity index (χ0n) is 16.3. The van der Waals surface area contributed by atoms with Gasteiger partial charge in [-0.1, -0.05) is 18.2 Å². The van der Waals surface area contributed by atoms with E-state index in [4.69, 9.17) is 0 Å². The topological polar surface area (TPSA) is 39.7 Å². The molecule has 1 amide bonds. The van der Waals surface area contributed by atoms with E-state index in [1.807, 2.05) is 30.3 Å². The monoisotopic (exact) mass is 366 g/mol. The van der Waals surface area contributed by atoms with Crippen molar-refractivity contribution in [2.24, 2.45) is 0 Å². The first-order valence-electron chi connectivity index (χ1n) is 10.3. The molecular formula is C22H30N4O. The Morgan fingerprint density at radius 1 is 1.11 bits per heavy atom. The van der Waals surface area contributed by atoms with Gasteiger partial charge in [0.2, 0.25) is 0 Å². The van der Waals surface area contributed by atoms with Crippen LogP contribution < -0.4 is 0 Å². The van der Waals surface area contributed by atoms with Gasteiger partial charge >= 0.3 is 0 Å². The Labute approximate surface area is 162 Å². The minimum Gasteiger partial charge on any atom is -0.336 e. The highest BCUT2D eigenvalue weighted by atomic mass is 16.2. The molecule has 0 spiro atoms. The molecule has 0 bridgehead atoms. The molecule has 0 unspecified atom stereocenters. The number of carbonyl (C=O) groups is 1. The second kappa shape index (κ2) is 8.36. The number of hydrogen-bond acceptors (Lipinski definition) is 4. The van der Waals surface area contributed by atoms with Crippen LogP contribution in [0.2, 0.25) is 0 Å². The molecule has 1 aromatic carbocycles. The number of nitrogens with zero attached hydrogens (tertiary/aromatic N) is 4. The number of hydrogen-bond donors (Lipinski definition) is 0. The molecule has 0 N–H and O–H groups in total. The van der Waals surface area contributed by atoms with Gasteiger partial charge in [-0.05, 0) is 44.9 Å². The van der Waals surface area contributed by atoms with Crippen LogP contribution in [0.1, 0.15) is 36.0 Å². The lowest BCUT2D eigenvalue weighted by molar-refractivity contribution is 0.0569. The molecule has 0 aliphatic carbocycles. The summed E-state index contributed by atoms with van der Waals surface area (Å²) in [4.78, 5) is 24.8. The van der Waals surface area contributed by atoms with Crippen molar-refractivity contribution in [3.63, 3.8) is 0 Å². The Bertz CT molecular complexity index is 785. The van der Waals surface area contributed by atoms with Crippen LogP contribution in [0.4, 0.5) is 0 Å². The number of carbonyl (C=O) groups excluding carboxylic acids is 1. The third-order valence-electron chi connectivity index (χ3n) is 6.10. The number of fused-ring (bicyclic) bond motifs is 1. The minimum absolute atomic E-state index is 0.149. The van der Waals surface area contributed by atoms with E-state index in [1.165, 1.54) is 6.42 Å². The number of piperazine rings is 1. The summed E-state index contributed by atoms with van der Waals surface area (Å²) in [5.74, 6) is 0.149. The number of likely N-dealkylation sites (tertiary alicyclic amines) is 1. The second-order valence-corrected chi connectivity index (χ2v) is 8.00. The van der Waals surface area contributed by atoms with Crippen LogP contribution in [0.15, 0.2) is 36.5 Å². The van der Waals surface area contributed by atoms with Crippen LogP contribution in [0.5, 0.6) is 0 Å². The first-order chi connectivity index (χ1) is 13.2. The number of piperidine rings is 1. The maximum absolute atomic E-state index is 13.2. The number of rotatable bonds is 4. The Balaban J connectivity index is 1.43. The second-order valence-electron chi connectivity index (χ2n) is 8.00. The van der Waals surface area contributed by atoms with Gasteiger partial charge in [-0.15, -0.1) is 0 Å². The summed E-state index contributed by atoms with van der Waals surface area (Å²) >= 11 is 0.